The normalized spacial score (nSPS) is 10.0. The van der Waals surface area contributed by atoms with Crippen molar-refractivity contribution in [3.05, 3.63) is 162 Å². The van der Waals surface area contributed by atoms with Crippen LogP contribution in [-0.2, 0) is 13.1 Å². The first-order valence-electron chi connectivity index (χ1n) is 12.2. The zero-order valence-electron chi connectivity index (χ0n) is 21.5. The lowest BCUT2D eigenvalue weighted by Gasteiger charge is -2.27. The van der Waals surface area contributed by atoms with Crippen molar-refractivity contribution in [2.45, 2.75) is 13.1 Å². The minimum atomic E-state index is -3.20. The zero-order valence-corrected chi connectivity index (χ0v) is 21.5. The highest BCUT2D eigenvalue weighted by Crippen LogP contribution is 2.28. The molecule has 210 valence electrons. The minimum absolute atomic E-state index is 0.946. The van der Waals surface area contributed by atoms with Gasteiger partial charge in [0.1, 0.15) is 7.32 Å². The fourth-order valence-electron chi connectivity index (χ4n) is 3.45. The molecule has 5 aromatic rings. The van der Waals surface area contributed by atoms with Crippen LogP contribution in [0.15, 0.2) is 122 Å². The van der Waals surface area contributed by atoms with Gasteiger partial charge in [-0.05, 0) is 0 Å². The summed E-state index contributed by atoms with van der Waals surface area (Å²) in [6.07, 6.45) is 8.31. The summed E-state index contributed by atoms with van der Waals surface area (Å²) >= 11 is 0. The van der Waals surface area contributed by atoms with Crippen LogP contribution < -0.4 is 23.8 Å². The van der Waals surface area contributed by atoms with Gasteiger partial charge in [-0.2, -0.15) is 8.78 Å². The van der Waals surface area contributed by atoms with Crippen molar-refractivity contribution in [1.82, 2.24) is 0 Å². The van der Waals surface area contributed by atoms with Crippen LogP contribution in [0.5, 0.6) is 5.75 Å². The molecule has 0 amide bonds. The summed E-state index contributed by atoms with van der Waals surface area (Å²) in [7, 11) is -3.20. The Morgan fingerprint density at radius 2 is 0.805 bits per heavy atom. The van der Waals surface area contributed by atoms with E-state index in [-0.39, 0.29) is 0 Å². The molecule has 0 atom stereocenters. The summed E-state index contributed by atoms with van der Waals surface area (Å²) in [4.78, 5) is 0. The predicted octanol–water partition coefficient (Wildman–Crippen LogP) is 3.51. The Balaban J connectivity index is 0.000000170. The van der Waals surface area contributed by atoms with Gasteiger partial charge in [-0.15, -0.1) is 0 Å². The first-order chi connectivity index (χ1) is 19.8. The Morgan fingerprint density at radius 1 is 0.488 bits per heavy atom. The maximum Gasteiger partial charge on any atom is 0.205 e. The van der Waals surface area contributed by atoms with Crippen molar-refractivity contribution in [3.8, 4) is 5.75 Å². The van der Waals surface area contributed by atoms with Crippen molar-refractivity contribution in [2.75, 3.05) is 0 Å². The Morgan fingerprint density at radius 3 is 1.15 bits per heavy atom. The molecule has 2 aromatic heterocycles. The number of aromatic nitrogens is 2. The lowest BCUT2D eigenvalue weighted by molar-refractivity contribution is -0.688. The molecule has 11 heteroatoms. The van der Waals surface area contributed by atoms with Crippen LogP contribution in [0.4, 0.5) is 22.0 Å². The molecule has 0 saturated carbocycles. The van der Waals surface area contributed by atoms with Gasteiger partial charge in [-0.1, -0.05) is 72.8 Å². The van der Waals surface area contributed by atoms with E-state index in [1.54, 1.807) is 0 Å². The van der Waals surface area contributed by atoms with Crippen LogP contribution in [0.1, 0.15) is 11.1 Å². The Labute approximate surface area is 234 Å². The molecule has 0 spiro atoms. The summed E-state index contributed by atoms with van der Waals surface area (Å²) in [5.41, 5.74) is 2.66. The van der Waals surface area contributed by atoms with Gasteiger partial charge in [0.15, 0.2) is 43.6 Å². The van der Waals surface area contributed by atoms with Crippen LogP contribution in [-0.4, -0.2) is 7.32 Å². The van der Waals surface area contributed by atoms with E-state index in [9.17, 15) is 32.0 Å². The van der Waals surface area contributed by atoms with Crippen molar-refractivity contribution >= 4 is 7.32 Å². The number of hydrogen-bond donors (Lipinski definition) is 0. The first-order valence-corrected chi connectivity index (χ1v) is 12.2. The Hall–Kier alpha value is -4.61. The molecule has 0 unspecified atom stereocenters. The number of rotatable bonds is 6. The molecule has 0 radical (unpaired) electrons. The van der Waals surface area contributed by atoms with E-state index in [4.69, 9.17) is 0 Å². The van der Waals surface area contributed by atoms with Gasteiger partial charge in [0.2, 0.25) is 29.1 Å². The number of halogens is 5. The van der Waals surface area contributed by atoms with E-state index in [0.717, 1.165) is 13.1 Å². The monoisotopic (exact) mass is 566 g/mol. The smallest absolute Gasteiger partial charge is 0.205 e. The highest BCUT2D eigenvalue weighted by atomic mass is 19.2. The fourth-order valence-corrected chi connectivity index (χ4v) is 3.45. The van der Waals surface area contributed by atoms with Crippen molar-refractivity contribution in [1.29, 1.82) is 0 Å². The summed E-state index contributed by atoms with van der Waals surface area (Å²) in [5, 5.41) is 19.7. The molecule has 5 nitrogen and oxygen atoms in total. The molecule has 0 bridgehead atoms. The molecule has 3 aromatic carbocycles. The van der Waals surface area contributed by atoms with E-state index in [1.165, 1.54) is 11.1 Å². The molecule has 41 heavy (non-hydrogen) atoms. The Kier molecular flexibility index (Phi) is 12.0. The third kappa shape index (κ3) is 9.82. The number of nitrogens with zero attached hydrogens (tertiary/aromatic N) is 2. The van der Waals surface area contributed by atoms with Crippen LogP contribution >= 0.6 is 0 Å². The number of hydrogen-bond acceptors (Lipinski definition) is 3. The average molecular weight is 566 g/mol. The second-order valence-electron chi connectivity index (χ2n) is 8.37. The fraction of sp³-hybridized carbons (Fsp3) is 0.0667. The Bertz CT molecular complexity index is 1300. The lowest BCUT2D eigenvalue weighted by atomic mass is 10.2. The van der Waals surface area contributed by atoms with Crippen LogP contribution in [0.2, 0.25) is 0 Å². The van der Waals surface area contributed by atoms with E-state index in [2.05, 4.69) is 87.1 Å². The average Bonchev–Trinajstić information content (AvgIpc) is 3.00. The summed E-state index contributed by atoms with van der Waals surface area (Å²) in [6, 6.07) is 33.1. The second-order valence-corrected chi connectivity index (χ2v) is 8.37. The zero-order chi connectivity index (χ0) is 29.6. The van der Waals surface area contributed by atoms with Crippen LogP contribution in [0.25, 0.3) is 0 Å². The third-order valence-electron chi connectivity index (χ3n) is 5.35. The molecule has 5 rings (SSSR count). The highest BCUT2D eigenvalue weighted by Gasteiger charge is 2.26. The first kappa shape index (κ1) is 30.9. The highest BCUT2D eigenvalue weighted by molar-refractivity contribution is 6.29. The van der Waals surface area contributed by atoms with E-state index >= 15 is 0 Å². The standard InChI is InChI=1S/2C12H12N.C6BF5O3/c2*1-3-7-12(8-4-1)11-13-9-5-2-6-10-13;8-1-2(9)4(11)6(15-7(13)14)5(12)3(1)10/h2*1-10H,11H2;/q2*+1;-2. The summed E-state index contributed by atoms with van der Waals surface area (Å²) in [6.45, 7) is 1.89. The quantitative estimate of drug-likeness (QED) is 0.104. The van der Waals surface area contributed by atoms with Crippen LogP contribution in [0, 0.1) is 29.1 Å². The van der Waals surface area contributed by atoms with E-state index in [1.807, 2.05) is 48.5 Å². The number of benzene rings is 3. The minimum Gasteiger partial charge on any atom is -0.860 e. The van der Waals surface area contributed by atoms with E-state index < -0.39 is 42.2 Å². The molecule has 0 aliphatic heterocycles. The number of pyridine rings is 2. The third-order valence-corrected chi connectivity index (χ3v) is 5.35. The van der Waals surface area contributed by atoms with Crippen LogP contribution in [0.3, 0.4) is 0 Å². The van der Waals surface area contributed by atoms with Gasteiger partial charge in [0.25, 0.3) is 0 Å². The molecule has 0 N–H and O–H groups in total. The molecular formula is C30H24BF5N2O3. The van der Waals surface area contributed by atoms with Gasteiger partial charge in [-0.3, -0.25) is 0 Å². The molecule has 0 aliphatic rings. The lowest BCUT2D eigenvalue weighted by Crippen LogP contribution is -2.50. The maximum absolute atomic E-state index is 12.6. The largest absolute Gasteiger partial charge is 0.860 e. The van der Waals surface area contributed by atoms with E-state index in [0.29, 0.717) is 0 Å². The summed E-state index contributed by atoms with van der Waals surface area (Å²) < 4.78 is 70.2. The molecule has 2 heterocycles. The van der Waals surface area contributed by atoms with Gasteiger partial charge in [-0.25, -0.2) is 22.3 Å². The van der Waals surface area contributed by atoms with Gasteiger partial charge < -0.3 is 14.7 Å². The topological polar surface area (TPSA) is 63.1 Å². The SMILES string of the molecule is [O-]B([O-])Oc1c(F)c(F)c(F)c(F)c1F.c1ccc(C[n+]2ccccc2)cc1.c1ccc(C[n+]2ccccc2)cc1. The second kappa shape index (κ2) is 15.9. The molecule has 0 saturated heterocycles. The van der Waals surface area contributed by atoms with Crippen molar-refractivity contribution in [2.24, 2.45) is 0 Å². The van der Waals surface area contributed by atoms with Gasteiger partial charge >= 0.3 is 0 Å². The van der Waals surface area contributed by atoms with Gasteiger partial charge in [0, 0.05) is 35.4 Å². The summed E-state index contributed by atoms with van der Waals surface area (Å²) in [5.74, 6) is -13.6. The molecule has 0 fully saturated rings. The molecular weight excluding hydrogens is 542 g/mol. The van der Waals surface area contributed by atoms with Crippen molar-refractivity contribution < 1.29 is 45.8 Å². The predicted molar refractivity (Wildman–Crippen MR) is 137 cm³/mol. The van der Waals surface area contributed by atoms with Crippen molar-refractivity contribution in [3.63, 3.8) is 0 Å². The van der Waals surface area contributed by atoms with Gasteiger partial charge in [0.05, 0.1) is 0 Å². The maximum atomic E-state index is 12.6. The molecule has 0 aliphatic carbocycles.